The Bertz CT molecular complexity index is 152. The molecule has 0 aromatic heterocycles. The minimum Gasteiger partial charge on any atom is -0.305 e. The largest absolute Gasteiger partial charge is 0.305 e. The molecular weight excluding hydrogens is 162 g/mol. The molecule has 0 aromatic carbocycles. The lowest BCUT2D eigenvalue weighted by Gasteiger charge is -2.25. The third kappa shape index (κ3) is 6.76. The molecule has 0 heterocycles. The van der Waals surface area contributed by atoms with Crippen LogP contribution in [0.1, 0.15) is 34.1 Å². The average Bonchev–Trinajstić information content (AvgIpc) is 2.00. The summed E-state index contributed by atoms with van der Waals surface area (Å²) in [6, 6.07) is 0. The molecule has 0 aromatic rings. The molecule has 2 heteroatoms. The van der Waals surface area contributed by atoms with Crippen molar-refractivity contribution in [3.05, 3.63) is 0 Å². The Kier molecular flexibility index (Phi) is 5.23. The topological polar surface area (TPSA) is 20.3 Å². The molecule has 0 amide bonds. The second-order valence-corrected chi connectivity index (χ2v) is 5.03. The highest BCUT2D eigenvalue weighted by Gasteiger charge is 2.18. The maximum atomic E-state index is 10.7. The lowest BCUT2D eigenvalue weighted by atomic mass is 9.95. The van der Waals surface area contributed by atoms with E-state index in [-0.39, 0.29) is 5.41 Å². The molecule has 13 heavy (non-hydrogen) atoms. The normalized spacial score (nSPS) is 12.5. The number of rotatable bonds is 6. The maximum Gasteiger partial charge on any atom is 0.126 e. The van der Waals surface area contributed by atoms with Gasteiger partial charge in [0.15, 0.2) is 0 Å². The molecule has 0 spiro atoms. The molecule has 2 nitrogen and oxygen atoms in total. The number of hydrogen-bond donors (Lipinski definition) is 0. The second kappa shape index (κ2) is 5.38. The van der Waals surface area contributed by atoms with Crippen molar-refractivity contribution in [2.24, 2.45) is 11.3 Å². The first-order chi connectivity index (χ1) is 5.87. The maximum absolute atomic E-state index is 10.7. The van der Waals surface area contributed by atoms with E-state index < -0.39 is 0 Å². The summed E-state index contributed by atoms with van der Waals surface area (Å²) in [4.78, 5) is 12.9. The molecule has 0 unspecified atom stereocenters. The summed E-state index contributed by atoms with van der Waals surface area (Å²) >= 11 is 0. The van der Waals surface area contributed by atoms with Gasteiger partial charge in [-0.25, -0.2) is 0 Å². The number of carbonyl (C=O) groups is 1. The quantitative estimate of drug-likeness (QED) is 0.591. The molecule has 0 saturated carbocycles. The lowest BCUT2D eigenvalue weighted by molar-refractivity contribution is -0.115. The van der Waals surface area contributed by atoms with E-state index in [9.17, 15) is 4.79 Å². The van der Waals surface area contributed by atoms with E-state index in [1.807, 2.05) is 13.8 Å². The van der Waals surface area contributed by atoms with Crippen LogP contribution in [0.3, 0.4) is 0 Å². The highest BCUT2D eigenvalue weighted by molar-refractivity contribution is 5.58. The summed E-state index contributed by atoms with van der Waals surface area (Å²) in [5.41, 5.74) is -0.203. The predicted molar refractivity (Wildman–Crippen MR) is 56.8 cm³/mol. The van der Waals surface area contributed by atoms with Gasteiger partial charge >= 0.3 is 0 Å². The minimum absolute atomic E-state index is 0.203. The summed E-state index contributed by atoms with van der Waals surface area (Å²) in [5, 5.41) is 0. The zero-order chi connectivity index (χ0) is 10.5. The van der Waals surface area contributed by atoms with E-state index in [0.29, 0.717) is 0 Å². The van der Waals surface area contributed by atoms with Gasteiger partial charge in [-0.2, -0.15) is 0 Å². The molecule has 0 aliphatic carbocycles. The van der Waals surface area contributed by atoms with Crippen molar-refractivity contribution >= 4 is 6.29 Å². The molecule has 78 valence electrons. The number of aldehydes is 1. The van der Waals surface area contributed by atoms with Crippen molar-refractivity contribution in [1.29, 1.82) is 0 Å². The van der Waals surface area contributed by atoms with Crippen molar-refractivity contribution in [3.63, 3.8) is 0 Å². The van der Waals surface area contributed by atoms with Crippen LogP contribution in [0.5, 0.6) is 0 Å². The fourth-order valence-electron chi connectivity index (χ4n) is 1.29. The van der Waals surface area contributed by atoms with E-state index in [4.69, 9.17) is 0 Å². The molecule has 0 rings (SSSR count). The van der Waals surface area contributed by atoms with Crippen molar-refractivity contribution in [1.82, 2.24) is 4.90 Å². The number of carbonyl (C=O) groups excluding carboxylic acids is 1. The van der Waals surface area contributed by atoms with E-state index in [1.165, 1.54) is 6.42 Å². The van der Waals surface area contributed by atoms with Gasteiger partial charge in [0.25, 0.3) is 0 Å². The van der Waals surface area contributed by atoms with E-state index >= 15 is 0 Å². The summed E-state index contributed by atoms with van der Waals surface area (Å²) < 4.78 is 0. The van der Waals surface area contributed by atoms with Gasteiger partial charge in [0.1, 0.15) is 6.29 Å². The van der Waals surface area contributed by atoms with Gasteiger partial charge in [-0.15, -0.1) is 0 Å². The highest BCUT2D eigenvalue weighted by Crippen LogP contribution is 2.13. The monoisotopic (exact) mass is 185 g/mol. The molecular formula is C11H23NO. The zero-order valence-electron chi connectivity index (χ0n) is 9.63. The van der Waals surface area contributed by atoms with Crippen LogP contribution < -0.4 is 0 Å². The van der Waals surface area contributed by atoms with Crippen molar-refractivity contribution < 1.29 is 4.79 Å². The average molecular weight is 185 g/mol. The predicted octanol–water partition coefficient (Wildman–Crippen LogP) is 2.19. The second-order valence-electron chi connectivity index (χ2n) is 5.03. The van der Waals surface area contributed by atoms with Crippen LogP contribution in [0.25, 0.3) is 0 Å². The van der Waals surface area contributed by atoms with Gasteiger partial charge in [0.05, 0.1) is 0 Å². The third-order valence-corrected chi connectivity index (χ3v) is 2.08. The first-order valence-corrected chi connectivity index (χ1v) is 5.02. The Labute approximate surface area is 82.3 Å². The van der Waals surface area contributed by atoms with Gasteiger partial charge in [-0.05, 0) is 25.9 Å². The summed E-state index contributed by atoms with van der Waals surface area (Å²) in [7, 11) is 2.08. The van der Waals surface area contributed by atoms with Crippen LogP contribution in [-0.2, 0) is 4.79 Å². The molecule has 0 aliphatic heterocycles. The van der Waals surface area contributed by atoms with Crippen LogP contribution in [0.4, 0.5) is 0 Å². The Morgan fingerprint density at radius 2 is 1.92 bits per heavy atom. The Morgan fingerprint density at radius 1 is 1.38 bits per heavy atom. The summed E-state index contributed by atoms with van der Waals surface area (Å²) in [6.07, 6.45) is 2.24. The van der Waals surface area contributed by atoms with Crippen LogP contribution in [-0.4, -0.2) is 31.3 Å². The molecule has 0 saturated heterocycles. The minimum atomic E-state index is -0.203. The van der Waals surface area contributed by atoms with Crippen molar-refractivity contribution in [3.8, 4) is 0 Å². The van der Waals surface area contributed by atoms with Gasteiger partial charge in [0, 0.05) is 12.0 Å². The van der Waals surface area contributed by atoms with Crippen LogP contribution in [0.15, 0.2) is 0 Å². The van der Waals surface area contributed by atoms with Crippen LogP contribution >= 0.6 is 0 Å². The first-order valence-electron chi connectivity index (χ1n) is 5.02. The molecule has 0 fully saturated rings. The zero-order valence-corrected chi connectivity index (χ0v) is 9.63. The van der Waals surface area contributed by atoms with E-state index in [1.54, 1.807) is 0 Å². The Morgan fingerprint density at radius 3 is 2.31 bits per heavy atom. The molecule has 0 N–H and O–H groups in total. The summed E-state index contributed by atoms with van der Waals surface area (Å²) in [6.45, 7) is 10.3. The highest BCUT2D eigenvalue weighted by atomic mass is 16.1. The molecule has 0 atom stereocenters. The summed E-state index contributed by atoms with van der Waals surface area (Å²) in [5.74, 6) is 0.738. The smallest absolute Gasteiger partial charge is 0.126 e. The Hall–Kier alpha value is -0.370. The number of nitrogens with zero attached hydrogens (tertiary/aromatic N) is 1. The van der Waals surface area contributed by atoms with Crippen LogP contribution in [0, 0.1) is 11.3 Å². The van der Waals surface area contributed by atoms with Crippen molar-refractivity contribution in [2.45, 2.75) is 34.1 Å². The lowest BCUT2D eigenvalue weighted by Crippen LogP contribution is -2.33. The van der Waals surface area contributed by atoms with Gasteiger partial charge in [-0.3, -0.25) is 0 Å². The molecule has 0 radical (unpaired) electrons. The van der Waals surface area contributed by atoms with E-state index in [2.05, 4.69) is 25.8 Å². The SMILES string of the molecule is CC(C)CCN(C)CC(C)(C)C=O. The fourth-order valence-corrected chi connectivity index (χ4v) is 1.29. The van der Waals surface area contributed by atoms with Crippen LogP contribution in [0.2, 0.25) is 0 Å². The van der Waals surface area contributed by atoms with Gasteiger partial charge in [0.2, 0.25) is 0 Å². The van der Waals surface area contributed by atoms with E-state index in [0.717, 1.165) is 25.3 Å². The van der Waals surface area contributed by atoms with Crippen molar-refractivity contribution in [2.75, 3.05) is 20.1 Å². The van der Waals surface area contributed by atoms with Gasteiger partial charge < -0.3 is 9.69 Å². The first kappa shape index (κ1) is 12.6. The number of hydrogen-bond acceptors (Lipinski definition) is 2. The van der Waals surface area contributed by atoms with Gasteiger partial charge in [-0.1, -0.05) is 27.7 Å². The third-order valence-electron chi connectivity index (χ3n) is 2.08. The molecule has 0 bridgehead atoms. The fraction of sp³-hybridized carbons (Fsp3) is 0.909. The standard InChI is InChI=1S/C11H23NO/c1-10(2)6-7-12(5)8-11(3,4)9-13/h9-10H,6-8H2,1-5H3. The Balaban J connectivity index is 3.73. The molecule has 0 aliphatic rings.